The number of nitrogens with zero attached hydrogens (tertiary/aromatic N) is 3. The summed E-state index contributed by atoms with van der Waals surface area (Å²) in [7, 11) is -2.92. The van der Waals surface area contributed by atoms with Crippen LogP contribution in [-0.4, -0.2) is 45.5 Å². The minimum atomic E-state index is -2.92. The van der Waals surface area contributed by atoms with Crippen LogP contribution in [0.3, 0.4) is 0 Å². The molecule has 1 unspecified atom stereocenters. The smallest absolute Gasteiger partial charge is 0.348 e. The molecule has 1 aliphatic heterocycles. The minimum absolute atomic E-state index is 0.118. The lowest BCUT2D eigenvalue weighted by Crippen LogP contribution is -2.21. The first-order chi connectivity index (χ1) is 8.53. The molecule has 18 heavy (non-hydrogen) atoms. The summed E-state index contributed by atoms with van der Waals surface area (Å²) in [5.41, 5.74) is 0.0887. The molecule has 1 fully saturated rings. The van der Waals surface area contributed by atoms with Crippen molar-refractivity contribution in [3.8, 4) is 0 Å². The lowest BCUT2D eigenvalue weighted by molar-refractivity contribution is 0.602. The van der Waals surface area contributed by atoms with Gasteiger partial charge in [-0.1, -0.05) is 0 Å². The Morgan fingerprint density at radius 1 is 1.50 bits per heavy atom. The molecule has 2 N–H and O–H groups in total. The van der Waals surface area contributed by atoms with Crippen molar-refractivity contribution in [2.45, 2.75) is 12.5 Å². The molecule has 3 rings (SSSR count). The zero-order valence-electron chi connectivity index (χ0n) is 9.33. The van der Waals surface area contributed by atoms with Gasteiger partial charge in [0.15, 0.2) is 15.5 Å². The van der Waals surface area contributed by atoms with E-state index in [2.05, 4.69) is 20.5 Å². The fourth-order valence-corrected chi connectivity index (χ4v) is 3.68. The maximum atomic E-state index is 11.3. The number of fused-ring (bicyclic) bond motifs is 1. The third-order valence-corrected chi connectivity index (χ3v) is 4.66. The minimum Gasteiger partial charge on any atom is -0.366 e. The largest absolute Gasteiger partial charge is 0.366 e. The number of sulfone groups is 1. The second-order valence-electron chi connectivity index (χ2n) is 4.28. The summed E-state index contributed by atoms with van der Waals surface area (Å²) in [4.78, 5) is 15.3. The van der Waals surface area contributed by atoms with Crippen LogP contribution in [0.4, 0.5) is 5.82 Å². The number of rotatable bonds is 2. The van der Waals surface area contributed by atoms with Gasteiger partial charge in [-0.25, -0.2) is 27.7 Å². The summed E-state index contributed by atoms with van der Waals surface area (Å²) in [6.45, 7) is 0. The third-order valence-electron chi connectivity index (χ3n) is 2.89. The second-order valence-corrected chi connectivity index (χ2v) is 6.50. The normalized spacial score (nSPS) is 22.3. The van der Waals surface area contributed by atoms with Crippen LogP contribution >= 0.6 is 0 Å². The van der Waals surface area contributed by atoms with E-state index in [-0.39, 0.29) is 23.2 Å². The molecule has 1 saturated heterocycles. The average molecular weight is 269 g/mol. The van der Waals surface area contributed by atoms with E-state index in [1.165, 1.54) is 10.7 Å². The SMILES string of the molecule is O=c1[nH]nc2cc(NC3CCS(=O)(=O)C3)ncn12. The molecule has 0 spiro atoms. The van der Waals surface area contributed by atoms with Gasteiger partial charge in [0.05, 0.1) is 11.5 Å². The Bertz CT molecular complexity index is 747. The van der Waals surface area contributed by atoms with Crippen LogP contribution in [0.25, 0.3) is 5.65 Å². The topological polar surface area (TPSA) is 109 Å². The van der Waals surface area contributed by atoms with Crippen LogP contribution in [0.2, 0.25) is 0 Å². The Labute approximate surface area is 102 Å². The van der Waals surface area contributed by atoms with Gasteiger partial charge in [-0.3, -0.25) is 0 Å². The first-order valence-corrected chi connectivity index (χ1v) is 7.25. The molecule has 2 aromatic rings. The molecule has 96 valence electrons. The summed E-state index contributed by atoms with van der Waals surface area (Å²) < 4.78 is 23.9. The van der Waals surface area contributed by atoms with Crippen molar-refractivity contribution in [2.24, 2.45) is 0 Å². The second kappa shape index (κ2) is 3.80. The van der Waals surface area contributed by atoms with Crippen LogP contribution in [0.15, 0.2) is 17.2 Å². The van der Waals surface area contributed by atoms with Gasteiger partial charge in [0.1, 0.15) is 12.1 Å². The molecule has 0 aromatic carbocycles. The summed E-state index contributed by atoms with van der Waals surface area (Å²) >= 11 is 0. The Morgan fingerprint density at radius 3 is 3.06 bits per heavy atom. The first kappa shape index (κ1) is 11.2. The van der Waals surface area contributed by atoms with Gasteiger partial charge >= 0.3 is 5.69 Å². The highest BCUT2D eigenvalue weighted by atomic mass is 32.2. The number of H-pyrrole nitrogens is 1. The molecule has 0 amide bonds. The number of aromatic amines is 1. The molecule has 0 saturated carbocycles. The maximum Gasteiger partial charge on any atom is 0.348 e. The van der Waals surface area contributed by atoms with Crippen molar-refractivity contribution < 1.29 is 8.42 Å². The lowest BCUT2D eigenvalue weighted by atomic mass is 10.2. The first-order valence-electron chi connectivity index (χ1n) is 5.43. The summed E-state index contributed by atoms with van der Waals surface area (Å²) in [6.07, 6.45) is 1.93. The number of hydrogen-bond donors (Lipinski definition) is 2. The van der Waals surface area contributed by atoms with Crippen molar-refractivity contribution in [2.75, 3.05) is 16.8 Å². The zero-order valence-corrected chi connectivity index (χ0v) is 10.1. The predicted molar refractivity (Wildman–Crippen MR) is 64.3 cm³/mol. The highest BCUT2D eigenvalue weighted by Gasteiger charge is 2.27. The zero-order chi connectivity index (χ0) is 12.8. The number of nitrogens with one attached hydrogen (secondary N) is 2. The molecular formula is C9H11N5O3S. The Kier molecular flexibility index (Phi) is 2.37. The molecule has 2 aromatic heterocycles. The lowest BCUT2D eigenvalue weighted by Gasteiger charge is -2.10. The quantitative estimate of drug-likeness (QED) is 0.725. The van der Waals surface area contributed by atoms with E-state index in [1.54, 1.807) is 6.07 Å². The van der Waals surface area contributed by atoms with Gasteiger partial charge in [-0.2, -0.15) is 5.10 Å². The number of hydrogen-bond acceptors (Lipinski definition) is 6. The summed E-state index contributed by atoms with van der Waals surface area (Å²) in [5.74, 6) is 0.839. The van der Waals surface area contributed by atoms with Gasteiger partial charge in [0.2, 0.25) is 0 Å². The number of anilines is 1. The van der Waals surface area contributed by atoms with Gasteiger partial charge in [-0.15, -0.1) is 0 Å². The maximum absolute atomic E-state index is 11.3. The van der Waals surface area contributed by atoms with Gasteiger partial charge < -0.3 is 5.32 Å². The molecule has 0 bridgehead atoms. The Hall–Kier alpha value is -1.90. The molecule has 1 atom stereocenters. The van der Waals surface area contributed by atoms with E-state index in [9.17, 15) is 13.2 Å². The van der Waals surface area contributed by atoms with E-state index in [4.69, 9.17) is 0 Å². The van der Waals surface area contributed by atoms with Crippen molar-refractivity contribution >= 4 is 21.3 Å². The Balaban J connectivity index is 1.85. The molecule has 0 aliphatic carbocycles. The monoisotopic (exact) mass is 269 g/mol. The van der Waals surface area contributed by atoms with Crippen molar-refractivity contribution in [3.63, 3.8) is 0 Å². The van der Waals surface area contributed by atoms with Gasteiger partial charge in [-0.05, 0) is 6.42 Å². The highest BCUT2D eigenvalue weighted by Crippen LogP contribution is 2.16. The van der Waals surface area contributed by atoms with Crippen molar-refractivity contribution in [1.82, 2.24) is 19.6 Å². The van der Waals surface area contributed by atoms with E-state index in [1.807, 2.05) is 0 Å². The molecule has 3 heterocycles. The Morgan fingerprint density at radius 2 is 2.33 bits per heavy atom. The molecule has 0 radical (unpaired) electrons. The molecule has 9 heteroatoms. The van der Waals surface area contributed by atoms with Gasteiger partial charge in [0.25, 0.3) is 0 Å². The summed E-state index contributed by atoms with van der Waals surface area (Å²) in [6, 6.07) is 1.47. The van der Waals surface area contributed by atoms with Crippen molar-refractivity contribution in [3.05, 3.63) is 22.9 Å². The predicted octanol–water partition coefficient (Wildman–Crippen LogP) is -0.983. The number of aromatic nitrogens is 4. The molecule has 8 nitrogen and oxygen atoms in total. The molecular weight excluding hydrogens is 258 g/mol. The standard InChI is InChI=1S/C9H11N5O3S/c15-9-13-12-8-3-7(10-5-14(8)9)11-6-1-2-18(16,17)4-6/h3,5-6,11H,1-2,4H2,(H,13,15). The van der Waals surface area contributed by atoms with E-state index >= 15 is 0 Å². The van der Waals surface area contributed by atoms with E-state index in [0.717, 1.165) is 0 Å². The van der Waals surface area contributed by atoms with Crippen molar-refractivity contribution in [1.29, 1.82) is 0 Å². The molecule has 1 aliphatic rings. The fourth-order valence-electron chi connectivity index (χ4n) is 2.01. The third kappa shape index (κ3) is 1.96. The highest BCUT2D eigenvalue weighted by molar-refractivity contribution is 7.91. The average Bonchev–Trinajstić information content (AvgIpc) is 2.83. The van der Waals surface area contributed by atoms with E-state index < -0.39 is 9.84 Å². The van der Waals surface area contributed by atoms with Crippen LogP contribution < -0.4 is 11.0 Å². The van der Waals surface area contributed by atoms with Gasteiger partial charge in [0, 0.05) is 12.1 Å². The van der Waals surface area contributed by atoms with Crippen LogP contribution in [-0.2, 0) is 9.84 Å². The van der Waals surface area contributed by atoms with Crippen LogP contribution in [0.5, 0.6) is 0 Å². The van der Waals surface area contributed by atoms with E-state index in [0.29, 0.717) is 17.9 Å². The van der Waals surface area contributed by atoms with Crippen LogP contribution in [0, 0.1) is 0 Å². The van der Waals surface area contributed by atoms with Crippen LogP contribution in [0.1, 0.15) is 6.42 Å². The summed E-state index contributed by atoms with van der Waals surface area (Å²) in [5, 5.41) is 9.15. The fraction of sp³-hybridized carbons (Fsp3) is 0.444.